The van der Waals surface area contributed by atoms with E-state index in [4.69, 9.17) is 14.2 Å². The lowest BCUT2D eigenvalue weighted by atomic mass is 9.83. The third kappa shape index (κ3) is 12.2. The lowest BCUT2D eigenvalue weighted by Gasteiger charge is -2.47. The molecule has 15 nitrogen and oxygen atoms in total. The maximum absolute atomic E-state index is 14.7. The zero-order valence-electron chi connectivity index (χ0n) is 45.2. The fourth-order valence-electron chi connectivity index (χ4n) is 11.5. The highest BCUT2D eigenvalue weighted by Crippen LogP contribution is 2.48. The van der Waals surface area contributed by atoms with Gasteiger partial charge in [-0.05, 0) is 129 Å². The molecule has 2 aromatic heterocycles. The quantitative estimate of drug-likeness (QED) is 0.0602. The molecule has 3 atom stereocenters. The molecule has 0 bridgehead atoms. The fourth-order valence-corrected chi connectivity index (χ4v) is 12.3. The molecule has 1 saturated carbocycles. The molecular weight excluding hydrogens is 1010 g/mol. The van der Waals surface area contributed by atoms with Crippen molar-refractivity contribution >= 4 is 51.3 Å². The van der Waals surface area contributed by atoms with Crippen LogP contribution in [0.25, 0.3) is 21.3 Å². The first-order valence-electron chi connectivity index (χ1n) is 27.2. The van der Waals surface area contributed by atoms with Crippen LogP contribution in [0, 0.1) is 23.6 Å². The monoisotopic (exact) mass is 1080 g/mol. The number of likely N-dealkylation sites (tertiary alicyclic amines) is 3. The largest absolute Gasteiger partial charge is 0.496 e. The van der Waals surface area contributed by atoms with Gasteiger partial charge in [0.15, 0.2) is 0 Å². The number of ether oxygens (including phenoxy) is 3. The summed E-state index contributed by atoms with van der Waals surface area (Å²) in [6.07, 6.45) is 6.29. The van der Waals surface area contributed by atoms with Crippen LogP contribution < -0.4 is 25.4 Å². The lowest BCUT2D eigenvalue weighted by molar-refractivity contribution is -0.143. The number of hydrogen-bond acceptors (Lipinski definition) is 13. The van der Waals surface area contributed by atoms with Gasteiger partial charge in [0.05, 0.1) is 59.6 Å². The van der Waals surface area contributed by atoms with E-state index in [2.05, 4.69) is 87.3 Å². The number of piperidine rings is 2. The number of halogens is 1. The molecule has 78 heavy (non-hydrogen) atoms. The third-order valence-electron chi connectivity index (χ3n) is 16.0. The Hall–Kier alpha value is -6.76. The minimum atomic E-state index is -1.18. The number of aromatic nitrogens is 2. The highest BCUT2D eigenvalue weighted by Gasteiger charge is 2.56. The van der Waals surface area contributed by atoms with Crippen LogP contribution >= 0.6 is 11.3 Å². The predicted octanol–water partition coefficient (Wildman–Crippen LogP) is 10.1. The predicted molar refractivity (Wildman–Crippen MR) is 302 cm³/mol. The number of aliphatic hydroxyl groups is 1. The maximum Gasteiger partial charge on any atom is 0.241 e. The number of thiazole rings is 1. The average Bonchev–Trinajstić information content (AvgIpc) is 4.13. The summed E-state index contributed by atoms with van der Waals surface area (Å²) in [7, 11) is 1.65. The Labute approximate surface area is 460 Å². The standard InChI is InChI=1S/C61H71FN8O7S/c1-38(64-34-40-7-9-41(10-8-40)55-39(2)65-37-78-55)52-32-47(71)35-70(52)57(72)56(60(3,4)5)69-27-20-46(21-28-69)68-29-22-48(23-30-68)76-36-42-31-51-50(33-54(42)75-6)53(19-26-63-51)77-49-17-15-45(16-18-49)67-59(74)61(24-25-61)58(73)66-44-13-11-43(62)12-14-44/h7-19,26,31,33,37,46-48,52,56,64,71H,1,20-25,27-30,32,34-36H2,2-6H3,(H,66,73)(H,67,74)/t47-,52+,56-/m1/s1. The second kappa shape index (κ2) is 23.3. The number of β-amino-alcohol motifs (C(OH)–C–C–N with tert-alkyl or cyclic N) is 1. The summed E-state index contributed by atoms with van der Waals surface area (Å²) in [5.41, 5.74) is 6.99. The van der Waals surface area contributed by atoms with E-state index >= 15 is 0 Å². The number of anilines is 2. The number of nitrogens with zero attached hydrogens (tertiary/aromatic N) is 5. The van der Waals surface area contributed by atoms with Crippen LogP contribution in [0.3, 0.4) is 0 Å². The summed E-state index contributed by atoms with van der Waals surface area (Å²) in [5.74, 6) is 0.638. The van der Waals surface area contributed by atoms with Crippen molar-refractivity contribution < 1.29 is 38.1 Å². The molecule has 10 rings (SSSR count). The molecule has 3 amide bonds. The molecule has 3 aliphatic heterocycles. The highest BCUT2D eigenvalue weighted by atomic mass is 32.1. The Morgan fingerprint density at radius 2 is 1.54 bits per heavy atom. The molecular formula is C61H71FN8O7S. The number of methoxy groups -OCH3 is 1. The number of hydrogen-bond donors (Lipinski definition) is 4. The van der Waals surface area contributed by atoms with Crippen molar-refractivity contribution in [3.05, 3.63) is 138 Å². The fraction of sp³-hybridized carbons (Fsp3) is 0.426. The van der Waals surface area contributed by atoms with Crippen LogP contribution in [-0.2, 0) is 32.3 Å². The van der Waals surface area contributed by atoms with Crippen molar-refractivity contribution in [2.75, 3.05) is 50.5 Å². The molecule has 4 N–H and O–H groups in total. The van der Waals surface area contributed by atoms with Crippen LogP contribution in [0.4, 0.5) is 15.8 Å². The van der Waals surface area contributed by atoms with E-state index in [1.807, 2.05) is 29.5 Å². The number of fused-ring (bicyclic) bond motifs is 1. The first kappa shape index (κ1) is 54.6. The molecule has 4 fully saturated rings. The summed E-state index contributed by atoms with van der Waals surface area (Å²) >= 11 is 1.64. The number of rotatable bonds is 18. The molecule has 0 unspecified atom stereocenters. The van der Waals surface area contributed by atoms with Gasteiger partial charge in [-0.3, -0.25) is 24.3 Å². The van der Waals surface area contributed by atoms with Gasteiger partial charge in [0.1, 0.15) is 28.5 Å². The molecule has 1 aliphatic carbocycles. The van der Waals surface area contributed by atoms with Gasteiger partial charge >= 0.3 is 0 Å². The number of pyridine rings is 1. The molecule has 410 valence electrons. The zero-order chi connectivity index (χ0) is 54.7. The Kier molecular flexibility index (Phi) is 16.3. The average molecular weight is 1080 g/mol. The minimum Gasteiger partial charge on any atom is -0.496 e. The van der Waals surface area contributed by atoms with Crippen molar-refractivity contribution in [3.8, 4) is 27.7 Å². The summed E-state index contributed by atoms with van der Waals surface area (Å²) in [6.45, 7) is 17.6. The number of aryl methyl sites for hydroxylation is 1. The van der Waals surface area contributed by atoms with E-state index in [9.17, 15) is 23.9 Å². The van der Waals surface area contributed by atoms with E-state index in [1.165, 1.54) is 29.1 Å². The molecule has 0 spiro atoms. The van der Waals surface area contributed by atoms with Crippen LogP contribution in [0.15, 0.2) is 115 Å². The number of amides is 3. The molecule has 5 heterocycles. The van der Waals surface area contributed by atoms with Crippen molar-refractivity contribution in [1.29, 1.82) is 0 Å². The second-order valence-electron chi connectivity index (χ2n) is 22.4. The molecule has 6 aromatic rings. The topological polar surface area (TPSA) is 171 Å². The van der Waals surface area contributed by atoms with E-state index in [0.717, 1.165) is 90.8 Å². The SMILES string of the molecule is C=C(NCc1ccc(-c2scnc2C)cc1)[C@@H]1C[C@@H](O)CN1C(=O)[C@@H](N1CCC(N2CCC(OCc3cc4nccc(Oc5ccc(NC(=O)C6(C(=O)Nc7ccc(F)cc7)CC6)cc5)c4cc3OC)CC2)CC1)C(C)(C)C. The smallest absolute Gasteiger partial charge is 0.241 e. The summed E-state index contributed by atoms with van der Waals surface area (Å²) < 4.78 is 32.2. The zero-order valence-corrected chi connectivity index (χ0v) is 46.0. The summed E-state index contributed by atoms with van der Waals surface area (Å²) in [4.78, 5) is 58.1. The van der Waals surface area contributed by atoms with Crippen molar-refractivity contribution in [1.82, 2.24) is 30.0 Å². The van der Waals surface area contributed by atoms with E-state index in [-0.39, 0.29) is 29.5 Å². The molecule has 4 aliphatic rings. The summed E-state index contributed by atoms with van der Waals surface area (Å²) in [5, 5.41) is 20.8. The number of carbonyl (C=O) groups excluding carboxylic acids is 3. The van der Waals surface area contributed by atoms with Crippen molar-refractivity contribution in [3.63, 3.8) is 0 Å². The van der Waals surface area contributed by atoms with E-state index in [0.29, 0.717) is 73.6 Å². The van der Waals surface area contributed by atoms with Crippen molar-refractivity contribution in [2.24, 2.45) is 10.8 Å². The number of aliphatic hydroxyl groups excluding tert-OH is 1. The number of carbonyl (C=O) groups is 3. The molecule has 3 saturated heterocycles. The second-order valence-corrected chi connectivity index (χ2v) is 23.3. The van der Waals surface area contributed by atoms with Gasteiger partial charge in [-0.15, -0.1) is 11.3 Å². The lowest BCUT2D eigenvalue weighted by Crippen LogP contribution is -2.59. The highest BCUT2D eigenvalue weighted by molar-refractivity contribution is 7.13. The number of nitrogens with one attached hydrogen (secondary N) is 3. The Balaban J connectivity index is 0.687. The first-order chi connectivity index (χ1) is 37.5. The molecule has 17 heteroatoms. The third-order valence-corrected chi connectivity index (χ3v) is 17.0. The normalized spacial score (nSPS) is 19.6. The van der Waals surface area contributed by atoms with E-state index in [1.54, 1.807) is 55.0 Å². The Morgan fingerprint density at radius 3 is 2.15 bits per heavy atom. The van der Waals surface area contributed by atoms with E-state index < -0.39 is 29.2 Å². The van der Waals surface area contributed by atoms with Gasteiger partial charge in [0.25, 0.3) is 0 Å². The van der Waals surface area contributed by atoms with Crippen LogP contribution in [0.1, 0.15) is 82.5 Å². The number of benzene rings is 4. The van der Waals surface area contributed by atoms with Gasteiger partial charge in [-0.2, -0.15) is 0 Å². The Morgan fingerprint density at radius 1 is 0.872 bits per heavy atom. The van der Waals surface area contributed by atoms with Gasteiger partial charge in [0, 0.05) is 85.9 Å². The van der Waals surface area contributed by atoms with Gasteiger partial charge < -0.3 is 45.1 Å². The summed E-state index contributed by atoms with van der Waals surface area (Å²) in [6, 6.07) is 26.4. The minimum absolute atomic E-state index is 0.0612. The van der Waals surface area contributed by atoms with Gasteiger partial charge in [-0.25, -0.2) is 9.37 Å². The molecule has 4 aromatic carbocycles. The van der Waals surface area contributed by atoms with Crippen LogP contribution in [0.2, 0.25) is 0 Å². The van der Waals surface area contributed by atoms with Gasteiger partial charge in [-0.1, -0.05) is 51.6 Å². The Bertz CT molecular complexity index is 3110. The molecule has 0 radical (unpaired) electrons. The van der Waals surface area contributed by atoms with Crippen LogP contribution in [0.5, 0.6) is 17.2 Å². The maximum atomic E-state index is 14.7. The first-order valence-corrected chi connectivity index (χ1v) is 28.1. The van der Waals surface area contributed by atoms with Crippen molar-refractivity contribution in [2.45, 2.75) is 116 Å². The van der Waals surface area contributed by atoms with Gasteiger partial charge in [0.2, 0.25) is 17.7 Å². The van der Waals surface area contributed by atoms with Crippen LogP contribution in [-0.4, -0.2) is 118 Å².